The fourth-order valence-corrected chi connectivity index (χ4v) is 5.45. The lowest BCUT2D eigenvalue weighted by Gasteiger charge is -2.21. The van der Waals surface area contributed by atoms with E-state index in [1.165, 1.54) is 17.4 Å². The zero-order chi connectivity index (χ0) is 30.6. The molecule has 0 fully saturated rings. The number of thiazole rings is 1. The van der Waals surface area contributed by atoms with Crippen LogP contribution < -0.4 is 10.6 Å². The van der Waals surface area contributed by atoms with E-state index in [1.54, 1.807) is 23.6 Å². The van der Waals surface area contributed by atoms with Gasteiger partial charge in [-0.1, -0.05) is 60.7 Å². The van der Waals surface area contributed by atoms with Gasteiger partial charge in [0.1, 0.15) is 23.9 Å². The summed E-state index contributed by atoms with van der Waals surface area (Å²) in [5.74, 6) is 0.235. The molecule has 0 saturated carbocycles. The minimum Gasteiger partial charge on any atom is -0.445 e. The first-order chi connectivity index (χ1) is 21.5. The first kappa shape index (κ1) is 30.8. The van der Waals surface area contributed by atoms with Gasteiger partial charge in [-0.2, -0.15) is 0 Å². The van der Waals surface area contributed by atoms with E-state index in [1.807, 2.05) is 54.6 Å². The minimum atomic E-state index is -0.439. The molecule has 0 aliphatic heterocycles. The van der Waals surface area contributed by atoms with E-state index >= 15 is 0 Å². The molecule has 2 aromatic heterocycles. The Kier molecular flexibility index (Phi) is 11.0. The molecular weight excluding hydrogens is 579 g/mol. The number of aromatic nitrogens is 3. The summed E-state index contributed by atoms with van der Waals surface area (Å²) in [6.45, 7) is 3.05. The molecule has 228 valence electrons. The highest BCUT2D eigenvalue weighted by molar-refractivity contribution is 7.09. The van der Waals surface area contributed by atoms with Crippen LogP contribution in [0.4, 0.5) is 9.18 Å². The Morgan fingerprint density at radius 1 is 0.886 bits per heavy atom. The van der Waals surface area contributed by atoms with Gasteiger partial charge in [0.2, 0.25) is 0 Å². The largest absolute Gasteiger partial charge is 0.445 e. The first-order valence-electron chi connectivity index (χ1n) is 14.6. The summed E-state index contributed by atoms with van der Waals surface area (Å²) in [6.07, 6.45) is 1.70. The van der Waals surface area contributed by atoms with Gasteiger partial charge >= 0.3 is 6.09 Å². The number of fused-ring (bicyclic) bond motifs is 1. The summed E-state index contributed by atoms with van der Waals surface area (Å²) in [7, 11) is 0. The smallest absolute Gasteiger partial charge is 0.407 e. The van der Waals surface area contributed by atoms with Gasteiger partial charge in [0.15, 0.2) is 0 Å². The Labute approximate surface area is 259 Å². The fourth-order valence-electron chi connectivity index (χ4n) is 4.68. The lowest BCUT2D eigenvalue weighted by atomic mass is 10.2. The van der Waals surface area contributed by atoms with Crippen molar-refractivity contribution in [1.29, 1.82) is 0 Å². The molecule has 2 amide bonds. The van der Waals surface area contributed by atoms with Crippen LogP contribution in [-0.4, -0.2) is 58.0 Å². The maximum Gasteiger partial charge on any atom is 0.407 e. The Balaban J connectivity index is 1.11. The molecule has 0 aliphatic rings. The van der Waals surface area contributed by atoms with Crippen molar-refractivity contribution >= 4 is 34.4 Å². The normalized spacial score (nSPS) is 11.1. The molecule has 0 bridgehead atoms. The quantitative estimate of drug-likeness (QED) is 0.135. The van der Waals surface area contributed by atoms with Gasteiger partial charge < -0.3 is 25.3 Å². The van der Waals surface area contributed by atoms with Gasteiger partial charge in [0, 0.05) is 50.0 Å². The molecule has 0 saturated heterocycles. The Morgan fingerprint density at radius 2 is 1.66 bits per heavy atom. The van der Waals surface area contributed by atoms with E-state index in [0.29, 0.717) is 24.2 Å². The number of aromatic amines is 1. The molecule has 5 rings (SSSR count). The van der Waals surface area contributed by atoms with E-state index in [4.69, 9.17) is 9.72 Å². The topological polar surface area (TPSA) is 112 Å². The Morgan fingerprint density at radius 3 is 2.50 bits per heavy atom. The minimum absolute atomic E-state index is 0.0990. The third-order valence-corrected chi connectivity index (χ3v) is 7.97. The summed E-state index contributed by atoms with van der Waals surface area (Å²) < 4.78 is 19.2. The molecule has 3 aromatic carbocycles. The second-order valence-corrected chi connectivity index (χ2v) is 11.2. The van der Waals surface area contributed by atoms with Crippen LogP contribution in [0.15, 0.2) is 84.2 Å². The van der Waals surface area contributed by atoms with Crippen molar-refractivity contribution < 1.29 is 18.7 Å². The number of halogens is 1. The number of amides is 2. The maximum atomic E-state index is 13.9. The van der Waals surface area contributed by atoms with Gasteiger partial charge in [-0.15, -0.1) is 11.3 Å². The molecule has 9 nitrogen and oxygen atoms in total. The van der Waals surface area contributed by atoms with Crippen molar-refractivity contribution in [3.05, 3.63) is 118 Å². The highest BCUT2D eigenvalue weighted by Gasteiger charge is 2.14. The van der Waals surface area contributed by atoms with E-state index in [0.717, 1.165) is 59.9 Å². The SMILES string of the molecule is O=C(NCCCN(CCc1nc2ccccc2[nH]1)CCc1nc(C(=O)NCc2ccccc2F)cs1)OCc1ccccc1. The summed E-state index contributed by atoms with van der Waals surface area (Å²) in [5, 5.41) is 8.15. The summed E-state index contributed by atoms with van der Waals surface area (Å²) in [4.78, 5) is 39.7. The summed E-state index contributed by atoms with van der Waals surface area (Å²) in [5.41, 5.74) is 3.64. The van der Waals surface area contributed by atoms with Crippen LogP contribution in [0, 0.1) is 5.82 Å². The zero-order valence-electron chi connectivity index (χ0n) is 24.3. The predicted octanol–water partition coefficient (Wildman–Crippen LogP) is 5.49. The average Bonchev–Trinajstić information content (AvgIpc) is 3.70. The average molecular weight is 615 g/mol. The number of rotatable bonds is 15. The summed E-state index contributed by atoms with van der Waals surface area (Å²) >= 11 is 1.43. The maximum absolute atomic E-state index is 13.9. The molecule has 5 aromatic rings. The lowest BCUT2D eigenvalue weighted by molar-refractivity contribution is 0.0946. The Bertz CT molecular complexity index is 1620. The summed E-state index contributed by atoms with van der Waals surface area (Å²) in [6, 6.07) is 23.9. The van der Waals surface area contributed by atoms with Crippen molar-refractivity contribution in [2.45, 2.75) is 32.4 Å². The van der Waals surface area contributed by atoms with Gasteiger partial charge in [0.25, 0.3) is 5.91 Å². The van der Waals surface area contributed by atoms with E-state index < -0.39 is 6.09 Å². The highest BCUT2D eigenvalue weighted by Crippen LogP contribution is 2.14. The van der Waals surface area contributed by atoms with Crippen LogP contribution in [-0.2, 0) is 30.7 Å². The number of para-hydroxylation sites is 2. The van der Waals surface area contributed by atoms with Crippen molar-refractivity contribution in [3.8, 4) is 0 Å². The van der Waals surface area contributed by atoms with Gasteiger partial charge in [-0.05, 0) is 36.7 Å². The van der Waals surface area contributed by atoms with Crippen LogP contribution in [0.1, 0.15) is 38.9 Å². The number of alkyl carbamates (subject to hydrolysis) is 1. The predicted molar refractivity (Wildman–Crippen MR) is 169 cm³/mol. The van der Waals surface area contributed by atoms with Crippen molar-refractivity contribution in [1.82, 2.24) is 30.5 Å². The Hall–Kier alpha value is -4.61. The molecule has 0 unspecified atom stereocenters. The molecule has 44 heavy (non-hydrogen) atoms. The van der Waals surface area contributed by atoms with Crippen LogP contribution in [0.2, 0.25) is 0 Å². The standard InChI is InChI=1S/C33H35FN6O3S/c34-26-12-5-4-11-25(26)21-36-32(41)29-23-44-31(39-29)16-20-40(19-15-30-37-27-13-6-7-14-28(27)38-30)18-8-17-35-33(42)43-22-24-9-2-1-3-10-24/h1-7,9-14,23H,8,15-22H2,(H,35,42)(H,36,41)(H,37,38). The molecular formula is C33H35FN6O3S. The van der Waals surface area contributed by atoms with Crippen LogP contribution >= 0.6 is 11.3 Å². The lowest BCUT2D eigenvalue weighted by Crippen LogP contribution is -2.33. The van der Waals surface area contributed by atoms with E-state index in [2.05, 4.69) is 25.5 Å². The molecule has 11 heteroatoms. The number of benzene rings is 3. The number of hydrogen-bond donors (Lipinski definition) is 3. The number of nitrogens with one attached hydrogen (secondary N) is 3. The second-order valence-electron chi connectivity index (χ2n) is 10.3. The van der Waals surface area contributed by atoms with Crippen LogP contribution in [0.25, 0.3) is 11.0 Å². The molecule has 3 N–H and O–H groups in total. The van der Waals surface area contributed by atoms with Crippen molar-refractivity contribution in [2.24, 2.45) is 0 Å². The van der Waals surface area contributed by atoms with E-state index in [-0.39, 0.29) is 24.9 Å². The number of H-pyrrole nitrogens is 1. The number of carbonyl (C=O) groups is 2. The highest BCUT2D eigenvalue weighted by atomic mass is 32.1. The molecule has 0 spiro atoms. The van der Waals surface area contributed by atoms with Gasteiger partial charge in [-0.3, -0.25) is 4.79 Å². The van der Waals surface area contributed by atoms with E-state index in [9.17, 15) is 14.0 Å². The fraction of sp³-hybridized carbons (Fsp3) is 0.273. The van der Waals surface area contributed by atoms with Crippen molar-refractivity contribution in [3.63, 3.8) is 0 Å². The van der Waals surface area contributed by atoms with Crippen molar-refractivity contribution in [2.75, 3.05) is 26.2 Å². The first-order valence-corrected chi connectivity index (χ1v) is 15.5. The molecule has 2 heterocycles. The monoisotopic (exact) mass is 614 g/mol. The molecule has 0 aliphatic carbocycles. The molecule has 0 radical (unpaired) electrons. The molecule has 0 atom stereocenters. The number of imidazole rings is 1. The van der Waals surface area contributed by atoms with Gasteiger partial charge in [-0.25, -0.2) is 19.2 Å². The third kappa shape index (κ3) is 9.19. The van der Waals surface area contributed by atoms with Crippen LogP contribution in [0.3, 0.4) is 0 Å². The number of ether oxygens (including phenoxy) is 1. The van der Waals surface area contributed by atoms with Gasteiger partial charge in [0.05, 0.1) is 16.0 Å². The zero-order valence-corrected chi connectivity index (χ0v) is 25.1. The third-order valence-electron chi connectivity index (χ3n) is 7.06. The van der Waals surface area contributed by atoms with Crippen LogP contribution in [0.5, 0.6) is 0 Å². The number of hydrogen-bond acceptors (Lipinski definition) is 7. The number of carbonyl (C=O) groups excluding carboxylic acids is 2. The number of nitrogens with zero attached hydrogens (tertiary/aromatic N) is 3. The second kappa shape index (κ2) is 15.7.